The van der Waals surface area contributed by atoms with Crippen molar-refractivity contribution in [1.29, 1.82) is 0 Å². The number of carboxylic acids is 1. The Hall–Kier alpha value is -1.93. The van der Waals surface area contributed by atoms with Gasteiger partial charge < -0.3 is 10.8 Å². The van der Waals surface area contributed by atoms with Gasteiger partial charge in [-0.3, -0.25) is 9.59 Å². The highest BCUT2D eigenvalue weighted by molar-refractivity contribution is 7.89. The molecule has 0 bridgehead atoms. The molecule has 0 radical (unpaired) electrons. The molecule has 0 saturated carbocycles. The van der Waals surface area contributed by atoms with Gasteiger partial charge in [-0.25, -0.2) is 13.1 Å². The van der Waals surface area contributed by atoms with Gasteiger partial charge >= 0.3 is 5.97 Å². The van der Waals surface area contributed by atoms with E-state index in [1.54, 1.807) is 24.3 Å². The largest absolute Gasteiger partial charge is 0.480 e. The summed E-state index contributed by atoms with van der Waals surface area (Å²) in [5.41, 5.74) is 5.70. The van der Waals surface area contributed by atoms with E-state index in [1.165, 1.54) is 0 Å². The van der Waals surface area contributed by atoms with Crippen molar-refractivity contribution in [3.05, 3.63) is 35.9 Å². The number of hydrogen-bond acceptors (Lipinski definition) is 4. The van der Waals surface area contributed by atoms with E-state index in [9.17, 15) is 18.0 Å². The van der Waals surface area contributed by atoms with Gasteiger partial charge in [-0.1, -0.05) is 30.3 Å². The monoisotopic (exact) mass is 300 g/mol. The summed E-state index contributed by atoms with van der Waals surface area (Å²) in [5, 5.41) is 8.84. The minimum absolute atomic E-state index is 0.249. The molecule has 7 nitrogen and oxygen atoms in total. The number of aryl methyl sites for hydroxylation is 1. The zero-order valence-electron chi connectivity index (χ0n) is 10.7. The predicted molar refractivity (Wildman–Crippen MR) is 72.3 cm³/mol. The summed E-state index contributed by atoms with van der Waals surface area (Å²) in [5.74, 6) is -2.59. The summed E-state index contributed by atoms with van der Waals surface area (Å²) in [4.78, 5) is 21.6. The predicted octanol–water partition coefficient (Wildman–Crippen LogP) is -0.523. The molecule has 20 heavy (non-hydrogen) atoms. The van der Waals surface area contributed by atoms with Crippen LogP contribution in [-0.4, -0.2) is 37.2 Å². The number of carbonyl (C=O) groups is 2. The fourth-order valence-corrected chi connectivity index (χ4v) is 2.79. The van der Waals surface area contributed by atoms with Gasteiger partial charge in [0.15, 0.2) is 0 Å². The second-order valence-electron chi connectivity index (χ2n) is 4.23. The van der Waals surface area contributed by atoms with Crippen molar-refractivity contribution in [2.24, 2.45) is 5.73 Å². The first-order chi connectivity index (χ1) is 9.30. The van der Waals surface area contributed by atoms with Gasteiger partial charge in [0, 0.05) is 0 Å². The topological polar surface area (TPSA) is 127 Å². The molecule has 0 aliphatic heterocycles. The van der Waals surface area contributed by atoms with Crippen molar-refractivity contribution in [3.8, 4) is 0 Å². The molecule has 8 heteroatoms. The van der Waals surface area contributed by atoms with E-state index in [0.717, 1.165) is 5.56 Å². The number of aliphatic carboxylic acids is 1. The molecular weight excluding hydrogens is 284 g/mol. The van der Waals surface area contributed by atoms with Crippen LogP contribution in [0.1, 0.15) is 12.0 Å². The Labute approximate surface area is 116 Å². The third kappa shape index (κ3) is 5.81. The zero-order valence-corrected chi connectivity index (χ0v) is 11.5. The first-order valence-corrected chi connectivity index (χ1v) is 7.50. The van der Waals surface area contributed by atoms with Gasteiger partial charge in [-0.2, -0.15) is 0 Å². The molecule has 0 saturated heterocycles. The summed E-state index contributed by atoms with van der Waals surface area (Å²) in [6.45, 7) is 0. The maximum Gasteiger partial charge on any atom is 0.322 e. The van der Waals surface area contributed by atoms with Crippen LogP contribution in [0.2, 0.25) is 0 Å². The summed E-state index contributed by atoms with van der Waals surface area (Å²) >= 11 is 0. The Morgan fingerprint density at radius 3 is 2.35 bits per heavy atom. The zero-order chi connectivity index (χ0) is 15.2. The van der Waals surface area contributed by atoms with E-state index in [4.69, 9.17) is 10.8 Å². The Morgan fingerprint density at radius 2 is 1.85 bits per heavy atom. The van der Waals surface area contributed by atoms with Crippen LogP contribution in [0.25, 0.3) is 0 Å². The third-order valence-electron chi connectivity index (χ3n) is 2.53. The van der Waals surface area contributed by atoms with E-state index in [0.29, 0.717) is 0 Å². The average Bonchev–Trinajstić information content (AvgIpc) is 2.36. The first-order valence-electron chi connectivity index (χ1n) is 5.85. The standard InChI is InChI=1S/C12H16N2O5S/c13-11(15)8-10(12(16)17)14-20(18,19)7-6-9-4-2-1-3-5-9/h1-5,10,14H,6-8H2,(H2,13,15)(H,16,17)/t10-/m0/s1. The van der Waals surface area contributed by atoms with Crippen molar-refractivity contribution >= 4 is 21.9 Å². The van der Waals surface area contributed by atoms with Crippen LogP contribution in [-0.2, 0) is 26.0 Å². The van der Waals surface area contributed by atoms with Crippen molar-refractivity contribution in [2.45, 2.75) is 18.9 Å². The molecule has 0 aromatic heterocycles. The maximum atomic E-state index is 11.8. The molecule has 4 N–H and O–H groups in total. The van der Waals surface area contributed by atoms with Gasteiger partial charge in [0.05, 0.1) is 12.2 Å². The number of amides is 1. The van der Waals surface area contributed by atoms with Crippen molar-refractivity contribution in [3.63, 3.8) is 0 Å². The number of benzene rings is 1. The summed E-state index contributed by atoms with van der Waals surface area (Å²) in [6, 6.07) is 7.38. The smallest absolute Gasteiger partial charge is 0.322 e. The molecule has 1 aromatic rings. The number of nitrogens with two attached hydrogens (primary N) is 1. The molecule has 0 spiro atoms. The number of sulfonamides is 1. The van der Waals surface area contributed by atoms with Crippen LogP contribution >= 0.6 is 0 Å². The number of rotatable bonds is 8. The SMILES string of the molecule is NC(=O)C[C@H](NS(=O)(=O)CCc1ccccc1)C(=O)O. The van der Waals surface area contributed by atoms with Gasteiger partial charge in [-0.05, 0) is 12.0 Å². The summed E-state index contributed by atoms with van der Waals surface area (Å²) in [7, 11) is -3.81. The van der Waals surface area contributed by atoms with Crippen LogP contribution in [0, 0.1) is 0 Å². The normalized spacial score (nSPS) is 12.8. The highest BCUT2D eigenvalue weighted by Crippen LogP contribution is 2.03. The van der Waals surface area contributed by atoms with Crippen molar-refractivity contribution < 1.29 is 23.1 Å². The second-order valence-corrected chi connectivity index (χ2v) is 6.11. The number of primary amides is 1. The number of carboxylic acid groups (broad SMARTS) is 1. The minimum atomic E-state index is -3.81. The number of nitrogens with one attached hydrogen (secondary N) is 1. The van der Waals surface area contributed by atoms with Gasteiger partial charge in [0.25, 0.3) is 0 Å². The maximum absolute atomic E-state index is 11.8. The third-order valence-corrected chi connectivity index (χ3v) is 3.91. The molecule has 0 heterocycles. The van der Waals surface area contributed by atoms with Crippen LogP contribution in [0.5, 0.6) is 0 Å². The summed E-state index contributed by atoms with van der Waals surface area (Å²) in [6.07, 6.45) is -0.334. The minimum Gasteiger partial charge on any atom is -0.480 e. The Morgan fingerprint density at radius 1 is 1.25 bits per heavy atom. The highest BCUT2D eigenvalue weighted by Gasteiger charge is 2.25. The molecular formula is C12H16N2O5S. The lowest BCUT2D eigenvalue weighted by Crippen LogP contribution is -2.44. The first kappa shape index (κ1) is 16.1. The van der Waals surface area contributed by atoms with Crippen molar-refractivity contribution in [2.75, 3.05) is 5.75 Å². The summed E-state index contributed by atoms with van der Waals surface area (Å²) < 4.78 is 25.5. The lowest BCUT2D eigenvalue weighted by Gasteiger charge is -2.13. The highest BCUT2D eigenvalue weighted by atomic mass is 32.2. The molecule has 1 aromatic carbocycles. The number of hydrogen-bond donors (Lipinski definition) is 3. The quantitative estimate of drug-likeness (QED) is 0.595. The Balaban J connectivity index is 2.63. The lowest BCUT2D eigenvalue weighted by atomic mass is 10.2. The van der Waals surface area contributed by atoms with E-state index in [2.05, 4.69) is 0 Å². The van der Waals surface area contributed by atoms with Crippen molar-refractivity contribution in [1.82, 2.24) is 4.72 Å². The van der Waals surface area contributed by atoms with Gasteiger partial charge in [-0.15, -0.1) is 0 Å². The Kier molecular flexibility index (Phi) is 5.66. The molecule has 1 atom stereocenters. The molecule has 0 aliphatic carbocycles. The molecule has 1 amide bonds. The van der Waals surface area contributed by atoms with Crippen LogP contribution in [0.15, 0.2) is 30.3 Å². The molecule has 0 unspecified atom stereocenters. The molecule has 0 fully saturated rings. The molecule has 0 aliphatic rings. The van der Waals surface area contributed by atoms with E-state index in [-0.39, 0.29) is 12.2 Å². The lowest BCUT2D eigenvalue weighted by molar-refractivity contribution is -0.140. The fraction of sp³-hybridized carbons (Fsp3) is 0.333. The molecule has 1 rings (SSSR count). The van der Waals surface area contributed by atoms with Crippen LogP contribution in [0.3, 0.4) is 0 Å². The average molecular weight is 300 g/mol. The Bertz CT molecular complexity index is 571. The van der Waals surface area contributed by atoms with Crippen LogP contribution in [0.4, 0.5) is 0 Å². The van der Waals surface area contributed by atoms with E-state index in [1.807, 2.05) is 10.8 Å². The van der Waals surface area contributed by atoms with Crippen LogP contribution < -0.4 is 10.5 Å². The molecule has 110 valence electrons. The fourth-order valence-electron chi connectivity index (χ4n) is 1.55. The second kappa shape index (κ2) is 7.01. The van der Waals surface area contributed by atoms with Gasteiger partial charge in [0.1, 0.15) is 6.04 Å². The van der Waals surface area contributed by atoms with E-state index < -0.39 is 34.4 Å². The van der Waals surface area contributed by atoms with Gasteiger partial charge in [0.2, 0.25) is 15.9 Å². The van der Waals surface area contributed by atoms with E-state index >= 15 is 0 Å². The number of carbonyl (C=O) groups excluding carboxylic acids is 1.